The molecule has 0 saturated carbocycles. The predicted octanol–water partition coefficient (Wildman–Crippen LogP) is 1.37. The van der Waals surface area contributed by atoms with Gasteiger partial charge in [0.25, 0.3) is 0 Å². The lowest BCUT2D eigenvalue weighted by atomic mass is 10.1. The van der Waals surface area contributed by atoms with Crippen molar-refractivity contribution in [2.24, 2.45) is 5.73 Å². The van der Waals surface area contributed by atoms with Gasteiger partial charge in [0, 0.05) is 30.9 Å². The summed E-state index contributed by atoms with van der Waals surface area (Å²) in [6, 6.07) is 0.321. The van der Waals surface area contributed by atoms with E-state index >= 15 is 0 Å². The molecule has 0 bridgehead atoms. The van der Waals surface area contributed by atoms with E-state index in [1.54, 1.807) is 6.20 Å². The number of aromatic nitrogens is 2. The predicted molar refractivity (Wildman–Crippen MR) is 61.2 cm³/mol. The number of halogens is 1. The molecule has 0 amide bonds. The van der Waals surface area contributed by atoms with Crippen molar-refractivity contribution in [3.63, 3.8) is 0 Å². The normalized spacial score (nSPS) is 18.2. The van der Waals surface area contributed by atoms with Crippen LogP contribution in [0.2, 0.25) is 5.15 Å². The van der Waals surface area contributed by atoms with Gasteiger partial charge in [-0.15, -0.1) is 0 Å². The molecule has 2 N–H and O–H groups in total. The van der Waals surface area contributed by atoms with Crippen LogP contribution in [0.15, 0.2) is 6.20 Å². The second-order valence-corrected chi connectivity index (χ2v) is 4.33. The fourth-order valence-electron chi connectivity index (χ4n) is 1.66. The van der Waals surface area contributed by atoms with E-state index in [-0.39, 0.29) is 0 Å². The highest BCUT2D eigenvalue weighted by molar-refractivity contribution is 6.30. The summed E-state index contributed by atoms with van der Waals surface area (Å²) in [4.78, 5) is 10.7. The minimum atomic E-state index is 0.321. The van der Waals surface area contributed by atoms with Crippen LogP contribution in [0.5, 0.6) is 0 Å². The lowest BCUT2D eigenvalue weighted by molar-refractivity contribution is 0.495. The average molecular weight is 227 g/mol. The fraction of sp³-hybridized carbons (Fsp3) is 0.600. The highest BCUT2D eigenvalue weighted by atomic mass is 35.5. The topological polar surface area (TPSA) is 55.0 Å². The molecule has 0 radical (unpaired) electrons. The molecule has 1 aromatic rings. The summed E-state index contributed by atoms with van der Waals surface area (Å²) >= 11 is 5.96. The molecule has 4 nitrogen and oxygen atoms in total. The maximum atomic E-state index is 5.96. The Balaban J connectivity index is 2.12. The number of hydrogen-bond acceptors (Lipinski definition) is 4. The van der Waals surface area contributed by atoms with Crippen molar-refractivity contribution in [2.45, 2.75) is 25.8 Å². The van der Waals surface area contributed by atoms with Crippen LogP contribution in [-0.4, -0.2) is 29.1 Å². The minimum absolute atomic E-state index is 0.321. The second-order valence-electron chi connectivity index (χ2n) is 3.97. The zero-order valence-corrected chi connectivity index (χ0v) is 9.54. The summed E-state index contributed by atoms with van der Waals surface area (Å²) in [6.45, 7) is 3.74. The molecule has 1 fully saturated rings. The number of nitrogens with two attached hydrogens (primary N) is 1. The summed E-state index contributed by atoms with van der Waals surface area (Å²) in [7, 11) is 0. The number of hydrogen-bond donors (Lipinski definition) is 1. The first-order valence-corrected chi connectivity index (χ1v) is 5.54. The van der Waals surface area contributed by atoms with Crippen LogP contribution >= 0.6 is 11.6 Å². The number of rotatable bonds is 1. The zero-order chi connectivity index (χ0) is 10.8. The summed E-state index contributed by atoms with van der Waals surface area (Å²) in [5.74, 6) is 0.720. The van der Waals surface area contributed by atoms with E-state index < -0.39 is 0 Å². The molecule has 1 aliphatic heterocycles. The maximum Gasteiger partial charge on any atom is 0.226 e. The Bertz CT molecular complexity index is 347. The highest BCUT2D eigenvalue weighted by Gasteiger charge is 2.18. The van der Waals surface area contributed by atoms with E-state index in [0.29, 0.717) is 11.2 Å². The van der Waals surface area contributed by atoms with Crippen LogP contribution < -0.4 is 10.6 Å². The van der Waals surface area contributed by atoms with E-state index in [1.165, 1.54) is 0 Å². The van der Waals surface area contributed by atoms with Gasteiger partial charge in [-0.05, 0) is 19.8 Å². The lowest BCUT2D eigenvalue weighted by Gasteiger charge is -2.30. The molecular weight excluding hydrogens is 212 g/mol. The van der Waals surface area contributed by atoms with Gasteiger partial charge in [0.05, 0.1) is 0 Å². The summed E-state index contributed by atoms with van der Waals surface area (Å²) < 4.78 is 0. The Morgan fingerprint density at radius 2 is 2.13 bits per heavy atom. The number of piperidine rings is 1. The van der Waals surface area contributed by atoms with Crippen molar-refractivity contribution in [1.29, 1.82) is 0 Å². The van der Waals surface area contributed by atoms with Crippen LogP contribution in [0.4, 0.5) is 5.95 Å². The third-order valence-corrected chi connectivity index (χ3v) is 3.10. The molecule has 0 aromatic carbocycles. The second kappa shape index (κ2) is 4.33. The SMILES string of the molecule is Cc1cnc(N2CCC(N)CC2)nc1Cl. The van der Waals surface area contributed by atoms with E-state index in [4.69, 9.17) is 17.3 Å². The molecule has 5 heteroatoms. The van der Waals surface area contributed by atoms with Crippen LogP contribution in [0.3, 0.4) is 0 Å². The monoisotopic (exact) mass is 226 g/mol. The van der Waals surface area contributed by atoms with Crippen molar-refractivity contribution in [2.75, 3.05) is 18.0 Å². The molecule has 1 saturated heterocycles. The third kappa shape index (κ3) is 2.38. The molecule has 15 heavy (non-hydrogen) atoms. The van der Waals surface area contributed by atoms with Gasteiger partial charge in [0.2, 0.25) is 5.95 Å². The minimum Gasteiger partial charge on any atom is -0.341 e. The first kappa shape index (κ1) is 10.6. The Hall–Kier alpha value is -0.870. The van der Waals surface area contributed by atoms with Crippen LogP contribution in [0.1, 0.15) is 18.4 Å². The van der Waals surface area contributed by atoms with E-state index in [0.717, 1.165) is 37.4 Å². The Morgan fingerprint density at radius 3 is 2.73 bits per heavy atom. The maximum absolute atomic E-state index is 5.96. The lowest BCUT2D eigenvalue weighted by Crippen LogP contribution is -2.40. The third-order valence-electron chi connectivity index (χ3n) is 2.72. The molecule has 0 spiro atoms. The molecule has 0 aliphatic carbocycles. The smallest absolute Gasteiger partial charge is 0.226 e. The van der Waals surface area contributed by atoms with E-state index in [9.17, 15) is 0 Å². The van der Waals surface area contributed by atoms with Gasteiger partial charge in [-0.25, -0.2) is 9.97 Å². The van der Waals surface area contributed by atoms with Crippen LogP contribution in [0, 0.1) is 6.92 Å². The van der Waals surface area contributed by atoms with E-state index in [1.807, 2.05) is 6.92 Å². The average Bonchev–Trinajstić information content (AvgIpc) is 2.23. The van der Waals surface area contributed by atoms with Gasteiger partial charge < -0.3 is 10.6 Å². The number of anilines is 1. The first-order chi connectivity index (χ1) is 7.16. The Labute approximate surface area is 94.5 Å². The Morgan fingerprint density at radius 1 is 1.47 bits per heavy atom. The van der Waals surface area contributed by atoms with Crippen molar-refractivity contribution in [3.8, 4) is 0 Å². The molecule has 1 aliphatic rings. The fourth-order valence-corrected chi connectivity index (χ4v) is 1.79. The van der Waals surface area contributed by atoms with Crippen molar-refractivity contribution in [3.05, 3.63) is 16.9 Å². The summed E-state index contributed by atoms with van der Waals surface area (Å²) in [5.41, 5.74) is 6.75. The van der Waals surface area contributed by atoms with Gasteiger partial charge in [0.15, 0.2) is 0 Å². The van der Waals surface area contributed by atoms with Gasteiger partial charge in [0.1, 0.15) is 5.15 Å². The molecule has 2 heterocycles. The van der Waals surface area contributed by atoms with Gasteiger partial charge in [-0.3, -0.25) is 0 Å². The van der Waals surface area contributed by atoms with E-state index in [2.05, 4.69) is 14.9 Å². The first-order valence-electron chi connectivity index (χ1n) is 5.16. The van der Waals surface area contributed by atoms with Crippen molar-refractivity contribution < 1.29 is 0 Å². The molecule has 2 rings (SSSR count). The summed E-state index contributed by atoms with van der Waals surface area (Å²) in [5, 5.41) is 0.537. The molecule has 0 atom stereocenters. The van der Waals surface area contributed by atoms with Crippen molar-refractivity contribution >= 4 is 17.5 Å². The zero-order valence-electron chi connectivity index (χ0n) is 8.78. The quantitative estimate of drug-likeness (QED) is 0.735. The molecule has 0 unspecified atom stereocenters. The largest absolute Gasteiger partial charge is 0.341 e. The van der Waals surface area contributed by atoms with Crippen molar-refractivity contribution in [1.82, 2.24) is 9.97 Å². The van der Waals surface area contributed by atoms with Gasteiger partial charge >= 0.3 is 0 Å². The highest BCUT2D eigenvalue weighted by Crippen LogP contribution is 2.18. The number of aryl methyl sites for hydroxylation is 1. The Kier molecular flexibility index (Phi) is 3.07. The number of nitrogens with zero attached hydrogens (tertiary/aromatic N) is 3. The van der Waals surface area contributed by atoms with Gasteiger partial charge in [-0.2, -0.15) is 0 Å². The molecule has 82 valence electrons. The summed E-state index contributed by atoms with van der Waals surface area (Å²) in [6.07, 6.45) is 3.75. The van der Waals surface area contributed by atoms with Crippen LogP contribution in [-0.2, 0) is 0 Å². The molecule has 1 aromatic heterocycles. The van der Waals surface area contributed by atoms with Gasteiger partial charge in [-0.1, -0.05) is 11.6 Å². The standard InChI is InChI=1S/C10H15ClN4/c1-7-6-13-10(14-9(7)11)15-4-2-8(12)3-5-15/h6,8H,2-5,12H2,1H3. The molecular formula is C10H15ClN4. The van der Waals surface area contributed by atoms with Crippen LogP contribution in [0.25, 0.3) is 0 Å².